The van der Waals surface area contributed by atoms with Gasteiger partial charge in [-0.2, -0.15) is 18.3 Å². The molecule has 3 heterocycles. The summed E-state index contributed by atoms with van der Waals surface area (Å²) < 4.78 is 39.7. The summed E-state index contributed by atoms with van der Waals surface area (Å²) in [5.74, 6) is 1.06. The van der Waals surface area contributed by atoms with E-state index in [0.717, 1.165) is 37.6 Å². The van der Waals surface area contributed by atoms with Gasteiger partial charge in [0.2, 0.25) is 0 Å². The Kier molecular flexibility index (Phi) is 5.91. The first-order valence-electron chi connectivity index (χ1n) is 10.6. The Balaban J connectivity index is 1.70. The Labute approximate surface area is 188 Å². The fourth-order valence-electron chi connectivity index (χ4n) is 4.17. The van der Waals surface area contributed by atoms with Gasteiger partial charge in [0, 0.05) is 42.9 Å². The van der Waals surface area contributed by atoms with Crippen LogP contribution in [-0.2, 0) is 6.18 Å². The molecule has 2 aromatic heterocycles. The van der Waals surface area contributed by atoms with Crippen LogP contribution in [0, 0.1) is 0 Å². The van der Waals surface area contributed by atoms with Crippen LogP contribution in [0.25, 0.3) is 10.8 Å². The number of halogens is 3. The zero-order valence-corrected chi connectivity index (χ0v) is 18.6. The second kappa shape index (κ2) is 8.54. The van der Waals surface area contributed by atoms with E-state index in [1.54, 1.807) is 13.0 Å². The number of fused-ring (bicyclic) bond motifs is 1. The molecule has 0 unspecified atom stereocenters. The van der Waals surface area contributed by atoms with Crippen molar-refractivity contribution in [2.24, 2.45) is 0 Å². The zero-order chi connectivity index (χ0) is 23.9. The quantitative estimate of drug-likeness (QED) is 0.513. The molecule has 4 rings (SSSR count). The molecule has 2 atom stereocenters. The maximum Gasteiger partial charge on any atom is 0.416 e. The van der Waals surface area contributed by atoms with Crippen LogP contribution in [0.15, 0.2) is 35.3 Å². The minimum Gasteiger partial charge on any atom is -0.399 e. The number of hydrogen-bond acceptors (Lipinski definition) is 7. The number of aromatic amines is 1. The van der Waals surface area contributed by atoms with Crippen LogP contribution in [0.1, 0.15) is 31.0 Å². The number of nitrogens with zero attached hydrogens (tertiary/aromatic N) is 4. The molecule has 8 nitrogen and oxygen atoms in total. The van der Waals surface area contributed by atoms with E-state index in [0.29, 0.717) is 22.2 Å². The van der Waals surface area contributed by atoms with Crippen LogP contribution < -0.4 is 21.5 Å². The molecular weight excluding hydrogens is 435 g/mol. The number of alkyl halides is 3. The highest BCUT2D eigenvalue weighted by atomic mass is 19.4. The number of piperazine rings is 1. The van der Waals surface area contributed by atoms with Gasteiger partial charge in [-0.05, 0) is 50.7 Å². The normalized spacial score (nSPS) is 18.5. The van der Waals surface area contributed by atoms with Gasteiger partial charge in [-0.25, -0.2) is 10.1 Å². The third kappa shape index (κ3) is 4.72. The van der Waals surface area contributed by atoms with Crippen LogP contribution in [0.3, 0.4) is 0 Å². The summed E-state index contributed by atoms with van der Waals surface area (Å²) >= 11 is 0. The fourth-order valence-corrected chi connectivity index (χ4v) is 4.17. The molecule has 11 heteroatoms. The van der Waals surface area contributed by atoms with Crippen molar-refractivity contribution in [2.75, 3.05) is 42.6 Å². The van der Waals surface area contributed by atoms with Gasteiger partial charge in [0.15, 0.2) is 5.82 Å². The van der Waals surface area contributed by atoms with Crippen LogP contribution in [0.4, 0.5) is 30.5 Å². The van der Waals surface area contributed by atoms with Crippen molar-refractivity contribution < 1.29 is 13.2 Å². The topological polar surface area (TPSA) is 103 Å². The largest absolute Gasteiger partial charge is 0.416 e. The van der Waals surface area contributed by atoms with E-state index in [1.165, 1.54) is 12.3 Å². The maximum atomic E-state index is 13.2. The monoisotopic (exact) mass is 461 g/mol. The van der Waals surface area contributed by atoms with E-state index in [1.807, 2.05) is 0 Å². The second-order valence-electron chi connectivity index (χ2n) is 8.55. The number of anilines is 3. The molecule has 0 spiro atoms. The van der Waals surface area contributed by atoms with E-state index in [-0.39, 0.29) is 11.7 Å². The van der Waals surface area contributed by atoms with Gasteiger partial charge in [-0.3, -0.25) is 4.79 Å². The summed E-state index contributed by atoms with van der Waals surface area (Å²) in [6.07, 6.45) is -3.00. The molecule has 0 amide bonds. The molecule has 33 heavy (non-hydrogen) atoms. The van der Waals surface area contributed by atoms with Crippen molar-refractivity contribution in [3.8, 4) is 0 Å². The first kappa shape index (κ1) is 22.8. The molecule has 1 saturated heterocycles. The van der Waals surface area contributed by atoms with Gasteiger partial charge >= 0.3 is 6.18 Å². The Morgan fingerprint density at radius 2 is 1.97 bits per heavy atom. The molecular formula is C22H26F3N7O. The molecule has 1 aliphatic rings. The van der Waals surface area contributed by atoms with Gasteiger partial charge in [-0.1, -0.05) is 0 Å². The van der Waals surface area contributed by atoms with Crippen molar-refractivity contribution in [3.05, 3.63) is 51.9 Å². The Bertz CT molecular complexity index is 1230. The summed E-state index contributed by atoms with van der Waals surface area (Å²) in [6, 6.07) is 4.91. The van der Waals surface area contributed by atoms with Crippen molar-refractivity contribution in [1.29, 1.82) is 0 Å². The highest BCUT2D eigenvalue weighted by molar-refractivity contribution is 5.92. The van der Waals surface area contributed by atoms with Crippen molar-refractivity contribution in [2.45, 2.75) is 32.1 Å². The lowest BCUT2D eigenvalue weighted by Gasteiger charge is -2.39. The summed E-state index contributed by atoms with van der Waals surface area (Å²) in [5.41, 5.74) is 4.87. The zero-order valence-electron chi connectivity index (χ0n) is 18.6. The second-order valence-corrected chi connectivity index (χ2v) is 8.55. The molecule has 176 valence electrons. The van der Waals surface area contributed by atoms with Crippen LogP contribution in [-0.4, -0.2) is 52.8 Å². The summed E-state index contributed by atoms with van der Waals surface area (Å²) in [4.78, 5) is 21.2. The fraction of sp³-hybridized carbons (Fsp3) is 0.409. The molecule has 0 bridgehead atoms. The first-order valence-corrected chi connectivity index (χ1v) is 10.6. The Morgan fingerprint density at radius 1 is 1.21 bits per heavy atom. The van der Waals surface area contributed by atoms with E-state index in [2.05, 4.69) is 44.3 Å². The van der Waals surface area contributed by atoms with Crippen LogP contribution in [0.2, 0.25) is 0 Å². The average Bonchev–Trinajstić information content (AvgIpc) is 2.74. The van der Waals surface area contributed by atoms with E-state index in [9.17, 15) is 18.0 Å². The number of aromatic nitrogens is 3. The third-order valence-corrected chi connectivity index (χ3v) is 5.94. The Morgan fingerprint density at radius 3 is 2.67 bits per heavy atom. The molecule has 0 radical (unpaired) electrons. The molecule has 1 fully saturated rings. The Hall–Kier alpha value is -3.34. The highest BCUT2D eigenvalue weighted by Crippen LogP contribution is 2.34. The van der Waals surface area contributed by atoms with E-state index >= 15 is 0 Å². The standard InChI is InChI=1S/C22H26F3N7O/c1-12-11-31(3)4-5-32(12)19-9-17-18(10-27-19)21(33)30-29-20(17)28-13(2)14-6-15(22(23,24)25)8-16(26)7-14/h6-10,12-13H,4-5,11,26H2,1-3H3,(H,28,29)(H,30,33)/t12-,13+/m0/s1. The first-order chi connectivity index (χ1) is 15.5. The van der Waals surface area contributed by atoms with Gasteiger partial charge < -0.3 is 20.9 Å². The number of likely N-dealkylation sites (N-methyl/N-ethyl adjacent to an activating group) is 1. The summed E-state index contributed by atoms with van der Waals surface area (Å²) in [6.45, 7) is 6.37. The van der Waals surface area contributed by atoms with Gasteiger partial charge in [0.1, 0.15) is 5.82 Å². The van der Waals surface area contributed by atoms with Crippen LogP contribution >= 0.6 is 0 Å². The number of H-pyrrole nitrogens is 1. The lowest BCUT2D eigenvalue weighted by Crippen LogP contribution is -2.50. The lowest BCUT2D eigenvalue weighted by atomic mass is 10.0. The highest BCUT2D eigenvalue weighted by Gasteiger charge is 2.31. The maximum absolute atomic E-state index is 13.2. The summed E-state index contributed by atoms with van der Waals surface area (Å²) in [7, 11) is 2.06. The molecule has 4 N–H and O–H groups in total. The molecule has 0 saturated carbocycles. The van der Waals surface area contributed by atoms with Crippen molar-refractivity contribution >= 4 is 28.1 Å². The lowest BCUT2D eigenvalue weighted by molar-refractivity contribution is -0.137. The van der Waals surface area contributed by atoms with Gasteiger partial charge in [0.25, 0.3) is 5.56 Å². The van der Waals surface area contributed by atoms with E-state index < -0.39 is 23.3 Å². The average molecular weight is 461 g/mol. The smallest absolute Gasteiger partial charge is 0.399 e. The van der Waals surface area contributed by atoms with Crippen molar-refractivity contribution in [3.63, 3.8) is 0 Å². The molecule has 3 aromatic rings. The molecule has 0 aliphatic carbocycles. The number of rotatable bonds is 4. The number of pyridine rings is 1. The van der Waals surface area contributed by atoms with Crippen molar-refractivity contribution in [1.82, 2.24) is 20.1 Å². The number of nitrogen functional groups attached to an aromatic ring is 1. The molecule has 1 aliphatic heterocycles. The SMILES string of the molecule is C[C@@H](Nc1n[nH]c(=O)c2cnc(N3CCN(C)C[C@@H]3C)cc12)c1cc(N)cc(C(F)(F)F)c1. The van der Waals surface area contributed by atoms with Crippen LogP contribution in [0.5, 0.6) is 0 Å². The third-order valence-electron chi connectivity index (χ3n) is 5.94. The summed E-state index contributed by atoms with van der Waals surface area (Å²) in [5, 5.41) is 10.6. The predicted molar refractivity (Wildman–Crippen MR) is 122 cm³/mol. The minimum atomic E-state index is -4.51. The number of benzene rings is 1. The minimum absolute atomic E-state index is 0.0169. The van der Waals surface area contributed by atoms with E-state index in [4.69, 9.17) is 5.73 Å². The number of nitrogens with two attached hydrogens (primary N) is 1. The number of hydrogen-bond donors (Lipinski definition) is 3. The number of nitrogens with one attached hydrogen (secondary N) is 2. The molecule has 1 aromatic carbocycles. The van der Waals surface area contributed by atoms with Gasteiger partial charge in [0.05, 0.1) is 17.0 Å². The predicted octanol–water partition coefficient (Wildman–Crippen LogP) is 3.23. The van der Waals surface area contributed by atoms with Gasteiger partial charge in [-0.15, -0.1) is 0 Å².